The van der Waals surface area contributed by atoms with Crippen molar-refractivity contribution in [1.29, 1.82) is 0 Å². The molecule has 0 aliphatic rings. The van der Waals surface area contributed by atoms with Gasteiger partial charge in [-0.05, 0) is 29.8 Å². The maximum Gasteiger partial charge on any atom is 0.279 e. The van der Waals surface area contributed by atoms with Crippen LogP contribution in [-0.4, -0.2) is 10.5 Å². The SMILES string of the molecule is Cn1c(-c2ccccc2)cs/c1=N\C(=O)c1ccc(Cl)cc1. The highest BCUT2D eigenvalue weighted by atomic mass is 35.5. The molecule has 0 saturated heterocycles. The highest BCUT2D eigenvalue weighted by Gasteiger charge is 2.07. The van der Waals surface area contributed by atoms with Gasteiger partial charge in [-0.2, -0.15) is 4.99 Å². The number of nitrogens with zero attached hydrogens (tertiary/aromatic N) is 2. The smallest absolute Gasteiger partial charge is 0.279 e. The summed E-state index contributed by atoms with van der Waals surface area (Å²) in [5.74, 6) is -0.270. The first-order chi connectivity index (χ1) is 10.6. The number of thiazole rings is 1. The lowest BCUT2D eigenvalue weighted by atomic mass is 10.2. The highest BCUT2D eigenvalue weighted by Crippen LogP contribution is 2.18. The van der Waals surface area contributed by atoms with E-state index in [1.807, 2.05) is 47.3 Å². The molecule has 1 heterocycles. The largest absolute Gasteiger partial charge is 0.319 e. The van der Waals surface area contributed by atoms with Gasteiger partial charge in [0.2, 0.25) is 0 Å². The summed E-state index contributed by atoms with van der Waals surface area (Å²) in [7, 11) is 1.91. The Balaban J connectivity index is 1.97. The minimum absolute atomic E-state index is 0.270. The zero-order valence-corrected chi connectivity index (χ0v) is 13.4. The molecule has 0 spiro atoms. The van der Waals surface area contributed by atoms with Crippen molar-refractivity contribution in [2.24, 2.45) is 12.0 Å². The molecule has 3 nitrogen and oxygen atoms in total. The van der Waals surface area contributed by atoms with Gasteiger partial charge >= 0.3 is 0 Å². The van der Waals surface area contributed by atoms with Gasteiger partial charge in [-0.25, -0.2) is 0 Å². The van der Waals surface area contributed by atoms with E-state index in [1.165, 1.54) is 11.3 Å². The van der Waals surface area contributed by atoms with Crippen LogP contribution in [0.3, 0.4) is 0 Å². The maximum absolute atomic E-state index is 12.2. The van der Waals surface area contributed by atoms with Crippen LogP contribution >= 0.6 is 22.9 Å². The first-order valence-corrected chi connectivity index (χ1v) is 7.95. The van der Waals surface area contributed by atoms with E-state index in [2.05, 4.69) is 4.99 Å². The van der Waals surface area contributed by atoms with E-state index in [0.29, 0.717) is 15.4 Å². The Morgan fingerprint density at radius 3 is 2.45 bits per heavy atom. The second kappa shape index (κ2) is 6.30. The molecule has 0 N–H and O–H groups in total. The second-order valence-corrected chi connectivity index (χ2v) is 6.03. The van der Waals surface area contributed by atoms with E-state index in [1.54, 1.807) is 24.3 Å². The first kappa shape index (κ1) is 14.8. The van der Waals surface area contributed by atoms with Gasteiger partial charge in [0.1, 0.15) is 0 Å². The van der Waals surface area contributed by atoms with Gasteiger partial charge in [-0.3, -0.25) is 4.79 Å². The first-order valence-electron chi connectivity index (χ1n) is 6.70. The molecule has 0 aliphatic carbocycles. The molecule has 0 bridgehead atoms. The molecule has 1 amide bonds. The molecule has 0 atom stereocenters. The van der Waals surface area contributed by atoms with Crippen LogP contribution in [0.1, 0.15) is 10.4 Å². The van der Waals surface area contributed by atoms with Gasteiger partial charge in [-0.15, -0.1) is 11.3 Å². The molecule has 0 radical (unpaired) electrons. The lowest BCUT2D eigenvalue weighted by Crippen LogP contribution is -2.14. The molecule has 3 aromatic rings. The van der Waals surface area contributed by atoms with Gasteiger partial charge < -0.3 is 4.57 Å². The average molecular weight is 329 g/mol. The van der Waals surface area contributed by atoms with Crippen molar-refractivity contribution in [2.75, 3.05) is 0 Å². The Morgan fingerprint density at radius 1 is 1.09 bits per heavy atom. The molecule has 0 saturated carbocycles. The van der Waals surface area contributed by atoms with Crippen LogP contribution in [0.5, 0.6) is 0 Å². The average Bonchev–Trinajstić information content (AvgIpc) is 2.90. The Hall–Kier alpha value is -2.17. The van der Waals surface area contributed by atoms with E-state index in [4.69, 9.17) is 11.6 Å². The number of benzene rings is 2. The van der Waals surface area contributed by atoms with Gasteiger partial charge in [0.05, 0.1) is 5.69 Å². The van der Waals surface area contributed by atoms with Crippen LogP contribution in [0.25, 0.3) is 11.3 Å². The normalized spacial score (nSPS) is 11.6. The van der Waals surface area contributed by atoms with Crippen LogP contribution in [0.15, 0.2) is 65.0 Å². The topological polar surface area (TPSA) is 34.4 Å². The summed E-state index contributed by atoms with van der Waals surface area (Å²) >= 11 is 7.28. The fourth-order valence-corrected chi connectivity index (χ4v) is 3.11. The van der Waals surface area contributed by atoms with Crippen LogP contribution in [0, 0.1) is 0 Å². The Kier molecular flexibility index (Phi) is 4.22. The molecule has 0 fully saturated rings. The molecule has 3 rings (SSSR count). The van der Waals surface area contributed by atoms with Crippen molar-refractivity contribution in [3.05, 3.63) is 75.4 Å². The molecule has 5 heteroatoms. The van der Waals surface area contributed by atoms with E-state index in [9.17, 15) is 4.79 Å². The molecule has 0 aliphatic heterocycles. The summed E-state index contributed by atoms with van der Waals surface area (Å²) in [4.78, 5) is 17.1. The number of amides is 1. The quantitative estimate of drug-likeness (QED) is 0.696. The van der Waals surface area contributed by atoms with E-state index in [0.717, 1.165) is 11.3 Å². The third kappa shape index (κ3) is 3.03. The monoisotopic (exact) mass is 328 g/mol. The summed E-state index contributed by atoms with van der Waals surface area (Å²) in [6.07, 6.45) is 0. The standard InChI is InChI=1S/C17H13ClN2OS/c1-20-15(12-5-3-2-4-6-12)11-22-17(20)19-16(21)13-7-9-14(18)10-8-13/h2-11H,1H3/b19-17-. The minimum Gasteiger partial charge on any atom is -0.319 e. The lowest BCUT2D eigenvalue weighted by Gasteiger charge is -2.02. The fourth-order valence-electron chi connectivity index (χ4n) is 2.09. The minimum atomic E-state index is -0.270. The van der Waals surface area contributed by atoms with Gasteiger partial charge in [0.25, 0.3) is 5.91 Å². The van der Waals surface area contributed by atoms with Crippen molar-refractivity contribution in [3.8, 4) is 11.3 Å². The number of halogens is 1. The summed E-state index contributed by atoms with van der Waals surface area (Å²) in [5.41, 5.74) is 2.66. The van der Waals surface area contributed by atoms with Crippen molar-refractivity contribution >= 4 is 28.8 Å². The molecule has 22 heavy (non-hydrogen) atoms. The Bertz CT molecular complexity index is 864. The molecule has 110 valence electrons. The zero-order chi connectivity index (χ0) is 15.5. The third-order valence-corrected chi connectivity index (χ3v) is 4.45. The van der Waals surface area contributed by atoms with Crippen LogP contribution < -0.4 is 4.80 Å². The maximum atomic E-state index is 12.2. The van der Waals surface area contributed by atoms with Crippen LogP contribution in [0.2, 0.25) is 5.02 Å². The zero-order valence-electron chi connectivity index (χ0n) is 11.9. The van der Waals surface area contributed by atoms with Crippen molar-refractivity contribution in [3.63, 3.8) is 0 Å². The molecular formula is C17H13ClN2OS. The number of carbonyl (C=O) groups is 1. The van der Waals surface area contributed by atoms with Gasteiger partial charge in [0, 0.05) is 23.0 Å². The lowest BCUT2D eigenvalue weighted by molar-refractivity contribution is 0.0998. The molecular weight excluding hydrogens is 316 g/mol. The molecule has 0 unspecified atom stereocenters. The number of hydrogen-bond acceptors (Lipinski definition) is 2. The predicted molar refractivity (Wildman–Crippen MR) is 90.1 cm³/mol. The second-order valence-electron chi connectivity index (χ2n) is 4.75. The van der Waals surface area contributed by atoms with E-state index >= 15 is 0 Å². The highest BCUT2D eigenvalue weighted by molar-refractivity contribution is 7.07. The van der Waals surface area contributed by atoms with Crippen molar-refractivity contribution < 1.29 is 4.79 Å². The third-order valence-electron chi connectivity index (χ3n) is 3.28. The molecule has 2 aromatic carbocycles. The number of rotatable bonds is 2. The Morgan fingerprint density at radius 2 is 1.77 bits per heavy atom. The van der Waals surface area contributed by atoms with Crippen LogP contribution in [0.4, 0.5) is 0 Å². The number of carbonyl (C=O) groups excluding carboxylic acids is 1. The Labute approximate surface area is 137 Å². The fraction of sp³-hybridized carbons (Fsp3) is 0.0588. The van der Waals surface area contributed by atoms with Crippen molar-refractivity contribution in [1.82, 2.24) is 4.57 Å². The number of aromatic nitrogens is 1. The van der Waals surface area contributed by atoms with E-state index < -0.39 is 0 Å². The van der Waals surface area contributed by atoms with E-state index in [-0.39, 0.29) is 5.91 Å². The summed E-state index contributed by atoms with van der Waals surface area (Å²) in [6, 6.07) is 16.8. The number of hydrogen-bond donors (Lipinski definition) is 0. The summed E-state index contributed by atoms with van der Waals surface area (Å²) in [5, 5.41) is 2.60. The van der Waals surface area contributed by atoms with Crippen LogP contribution in [-0.2, 0) is 7.05 Å². The van der Waals surface area contributed by atoms with Gasteiger partial charge in [-0.1, -0.05) is 41.9 Å². The van der Waals surface area contributed by atoms with Crippen molar-refractivity contribution in [2.45, 2.75) is 0 Å². The molecule has 1 aromatic heterocycles. The van der Waals surface area contributed by atoms with Gasteiger partial charge in [0.15, 0.2) is 4.80 Å². The predicted octanol–water partition coefficient (Wildman–Crippen LogP) is 4.15. The summed E-state index contributed by atoms with van der Waals surface area (Å²) in [6.45, 7) is 0. The summed E-state index contributed by atoms with van der Waals surface area (Å²) < 4.78 is 1.92.